The lowest BCUT2D eigenvalue weighted by atomic mass is 10.2. The Morgan fingerprint density at radius 1 is 1.18 bits per heavy atom. The van der Waals surface area contributed by atoms with Gasteiger partial charge in [-0.15, -0.1) is 0 Å². The summed E-state index contributed by atoms with van der Waals surface area (Å²) in [5.74, 6) is -0.929. The quantitative estimate of drug-likeness (QED) is 0.920. The number of aryl methyl sites for hydroxylation is 2. The van der Waals surface area contributed by atoms with Crippen LogP contribution in [-0.4, -0.2) is 15.6 Å². The monoisotopic (exact) mass is 293 g/mol. The van der Waals surface area contributed by atoms with E-state index in [9.17, 15) is 4.79 Å². The molecule has 1 N–H and O–H groups in total. The van der Waals surface area contributed by atoms with Gasteiger partial charge in [-0.1, -0.05) is 0 Å². The standard InChI is InChI=1S/C13H12BrNO2/c1-8-3-4-9(2)15(8)10-5-6-12(14)11(7-10)13(16)17/h3-7H,1-2H3,(H,16,17). The molecular weight excluding hydrogens is 282 g/mol. The van der Waals surface area contributed by atoms with Crippen LogP contribution in [0.1, 0.15) is 21.7 Å². The van der Waals surface area contributed by atoms with Gasteiger partial charge in [-0.25, -0.2) is 4.79 Å². The predicted octanol–water partition coefficient (Wildman–Crippen LogP) is 3.55. The molecule has 0 aliphatic carbocycles. The number of halogens is 1. The van der Waals surface area contributed by atoms with Gasteiger partial charge in [0.2, 0.25) is 0 Å². The first kappa shape index (κ1) is 11.9. The zero-order valence-corrected chi connectivity index (χ0v) is 11.2. The molecule has 1 heterocycles. The number of hydrogen-bond donors (Lipinski definition) is 1. The number of carboxylic acids is 1. The van der Waals surface area contributed by atoms with Gasteiger partial charge in [0.05, 0.1) is 5.56 Å². The number of carbonyl (C=O) groups is 1. The van der Waals surface area contributed by atoms with Crippen LogP contribution in [0.4, 0.5) is 0 Å². The Kier molecular flexibility index (Phi) is 3.07. The highest BCUT2D eigenvalue weighted by atomic mass is 79.9. The van der Waals surface area contributed by atoms with Crippen molar-refractivity contribution in [2.75, 3.05) is 0 Å². The second kappa shape index (κ2) is 4.37. The molecule has 0 saturated heterocycles. The highest BCUT2D eigenvalue weighted by molar-refractivity contribution is 9.10. The Morgan fingerprint density at radius 3 is 2.29 bits per heavy atom. The van der Waals surface area contributed by atoms with Gasteiger partial charge >= 0.3 is 5.97 Å². The van der Waals surface area contributed by atoms with Crippen LogP contribution in [0, 0.1) is 13.8 Å². The number of benzene rings is 1. The van der Waals surface area contributed by atoms with Gasteiger partial charge in [0, 0.05) is 21.5 Å². The molecular formula is C13H12BrNO2. The molecule has 0 aliphatic rings. The second-order valence-electron chi connectivity index (χ2n) is 3.92. The molecule has 4 heteroatoms. The summed E-state index contributed by atoms with van der Waals surface area (Å²) in [6.07, 6.45) is 0. The van der Waals surface area contributed by atoms with Crippen LogP contribution < -0.4 is 0 Å². The Balaban J connectivity index is 2.62. The van der Waals surface area contributed by atoms with E-state index in [1.54, 1.807) is 12.1 Å². The summed E-state index contributed by atoms with van der Waals surface area (Å²) in [6, 6.07) is 9.36. The molecule has 88 valence electrons. The van der Waals surface area contributed by atoms with Crippen LogP contribution in [0.3, 0.4) is 0 Å². The Hall–Kier alpha value is -1.55. The number of carboxylic acid groups (broad SMARTS) is 1. The molecule has 0 spiro atoms. The minimum atomic E-state index is -0.929. The van der Waals surface area contributed by atoms with Crippen molar-refractivity contribution in [3.63, 3.8) is 0 Å². The van der Waals surface area contributed by atoms with E-state index in [0.717, 1.165) is 17.1 Å². The maximum Gasteiger partial charge on any atom is 0.336 e. The third-order valence-electron chi connectivity index (χ3n) is 2.71. The van der Waals surface area contributed by atoms with Crippen LogP contribution >= 0.6 is 15.9 Å². The lowest BCUT2D eigenvalue weighted by molar-refractivity contribution is 0.0696. The molecule has 0 saturated carbocycles. The molecule has 0 bridgehead atoms. The van der Waals surface area contributed by atoms with E-state index in [1.165, 1.54) is 0 Å². The van der Waals surface area contributed by atoms with Crippen LogP contribution in [0.5, 0.6) is 0 Å². The summed E-state index contributed by atoms with van der Waals surface area (Å²) in [4.78, 5) is 11.1. The second-order valence-corrected chi connectivity index (χ2v) is 4.78. The van der Waals surface area contributed by atoms with Gasteiger partial charge in [0.15, 0.2) is 0 Å². The summed E-state index contributed by atoms with van der Waals surface area (Å²) in [6.45, 7) is 3.99. The van der Waals surface area contributed by atoms with E-state index in [1.807, 2.05) is 36.6 Å². The largest absolute Gasteiger partial charge is 0.478 e. The molecule has 0 fully saturated rings. The van der Waals surface area contributed by atoms with Crippen LogP contribution in [-0.2, 0) is 0 Å². The van der Waals surface area contributed by atoms with Crippen molar-refractivity contribution in [2.45, 2.75) is 13.8 Å². The topological polar surface area (TPSA) is 42.2 Å². The van der Waals surface area contributed by atoms with Gasteiger partial charge in [-0.05, 0) is 60.1 Å². The maximum absolute atomic E-state index is 11.1. The fourth-order valence-electron chi connectivity index (χ4n) is 1.89. The zero-order chi connectivity index (χ0) is 12.6. The first-order chi connectivity index (χ1) is 8.00. The van der Waals surface area contributed by atoms with E-state index in [2.05, 4.69) is 15.9 Å². The van der Waals surface area contributed by atoms with E-state index in [-0.39, 0.29) is 5.56 Å². The molecule has 0 aliphatic heterocycles. The number of rotatable bonds is 2. The third kappa shape index (κ3) is 2.13. The number of hydrogen-bond acceptors (Lipinski definition) is 1. The van der Waals surface area contributed by atoms with E-state index in [4.69, 9.17) is 5.11 Å². The highest BCUT2D eigenvalue weighted by Crippen LogP contribution is 2.23. The van der Waals surface area contributed by atoms with E-state index >= 15 is 0 Å². The van der Waals surface area contributed by atoms with Crippen LogP contribution in [0.2, 0.25) is 0 Å². The average Bonchev–Trinajstić information content (AvgIpc) is 2.59. The first-order valence-corrected chi connectivity index (χ1v) is 5.98. The summed E-state index contributed by atoms with van der Waals surface area (Å²) in [5, 5.41) is 9.09. The summed E-state index contributed by atoms with van der Waals surface area (Å²) in [7, 11) is 0. The molecule has 0 amide bonds. The molecule has 1 aromatic heterocycles. The Labute approximate surface area is 108 Å². The van der Waals surface area contributed by atoms with Crippen molar-refractivity contribution in [1.29, 1.82) is 0 Å². The lowest BCUT2D eigenvalue weighted by Crippen LogP contribution is -2.03. The summed E-state index contributed by atoms with van der Waals surface area (Å²) < 4.78 is 2.62. The van der Waals surface area contributed by atoms with Gasteiger partial charge in [-0.2, -0.15) is 0 Å². The van der Waals surface area contributed by atoms with E-state index < -0.39 is 5.97 Å². The number of aromatic carboxylic acids is 1. The fraction of sp³-hybridized carbons (Fsp3) is 0.154. The Morgan fingerprint density at radius 2 is 1.76 bits per heavy atom. The van der Waals surface area contributed by atoms with Crippen molar-refractivity contribution in [3.8, 4) is 5.69 Å². The fourth-order valence-corrected chi connectivity index (χ4v) is 2.31. The zero-order valence-electron chi connectivity index (χ0n) is 9.57. The molecule has 0 atom stereocenters. The minimum absolute atomic E-state index is 0.273. The van der Waals surface area contributed by atoms with E-state index in [0.29, 0.717) is 4.47 Å². The summed E-state index contributed by atoms with van der Waals surface area (Å²) in [5.41, 5.74) is 3.31. The van der Waals surface area contributed by atoms with Gasteiger partial charge < -0.3 is 9.67 Å². The normalized spacial score (nSPS) is 10.5. The smallest absolute Gasteiger partial charge is 0.336 e. The molecule has 1 aromatic carbocycles. The van der Waals surface area contributed by atoms with Crippen LogP contribution in [0.25, 0.3) is 5.69 Å². The Bertz CT molecular complexity index is 568. The molecule has 17 heavy (non-hydrogen) atoms. The SMILES string of the molecule is Cc1ccc(C)n1-c1ccc(Br)c(C(=O)O)c1. The minimum Gasteiger partial charge on any atom is -0.478 e. The lowest BCUT2D eigenvalue weighted by Gasteiger charge is -2.11. The van der Waals surface area contributed by atoms with Gasteiger partial charge in [0.1, 0.15) is 0 Å². The molecule has 3 nitrogen and oxygen atoms in total. The van der Waals surface area contributed by atoms with Crippen LogP contribution in [0.15, 0.2) is 34.8 Å². The van der Waals surface area contributed by atoms with Crippen molar-refractivity contribution >= 4 is 21.9 Å². The third-order valence-corrected chi connectivity index (χ3v) is 3.40. The molecule has 2 aromatic rings. The van der Waals surface area contributed by atoms with Crippen molar-refractivity contribution in [1.82, 2.24) is 4.57 Å². The summed E-state index contributed by atoms with van der Waals surface area (Å²) >= 11 is 3.24. The molecule has 0 unspecified atom stereocenters. The van der Waals surface area contributed by atoms with Crippen molar-refractivity contribution in [2.24, 2.45) is 0 Å². The number of aromatic nitrogens is 1. The predicted molar refractivity (Wildman–Crippen MR) is 69.9 cm³/mol. The van der Waals surface area contributed by atoms with Gasteiger partial charge in [-0.3, -0.25) is 0 Å². The molecule has 2 rings (SSSR count). The van der Waals surface area contributed by atoms with Crippen molar-refractivity contribution < 1.29 is 9.90 Å². The number of nitrogens with zero attached hydrogens (tertiary/aromatic N) is 1. The maximum atomic E-state index is 11.1. The average molecular weight is 294 g/mol. The first-order valence-electron chi connectivity index (χ1n) is 5.19. The molecule has 0 radical (unpaired) electrons. The highest BCUT2D eigenvalue weighted by Gasteiger charge is 2.11. The van der Waals surface area contributed by atoms with Gasteiger partial charge in [0.25, 0.3) is 0 Å². The van der Waals surface area contributed by atoms with Crippen molar-refractivity contribution in [3.05, 3.63) is 51.8 Å².